The van der Waals surface area contributed by atoms with Gasteiger partial charge in [0.1, 0.15) is 11.5 Å². The summed E-state index contributed by atoms with van der Waals surface area (Å²) in [5.41, 5.74) is 0. The van der Waals surface area contributed by atoms with E-state index in [4.69, 9.17) is 9.47 Å². The Kier molecular flexibility index (Phi) is 16.2. The lowest BCUT2D eigenvalue weighted by Gasteiger charge is -2.09. The molecule has 2 nitrogen and oxygen atoms in total. The van der Waals surface area contributed by atoms with E-state index in [0.29, 0.717) is 0 Å². The molecule has 28 heavy (non-hydrogen) atoms. The van der Waals surface area contributed by atoms with Gasteiger partial charge in [-0.05, 0) is 62.8 Å². The highest BCUT2D eigenvalue weighted by atomic mass is 16.5. The number of hydrogen-bond donors (Lipinski definition) is 0. The zero-order valence-corrected chi connectivity index (χ0v) is 18.0. The summed E-state index contributed by atoms with van der Waals surface area (Å²) in [6, 6.07) is 8.07. The van der Waals surface area contributed by atoms with E-state index in [9.17, 15) is 0 Å². The van der Waals surface area contributed by atoms with Gasteiger partial charge in [-0.25, -0.2) is 0 Å². The van der Waals surface area contributed by atoms with Crippen LogP contribution in [0.4, 0.5) is 0 Å². The minimum atomic E-state index is 0.805. The highest BCUT2D eigenvalue weighted by Crippen LogP contribution is 2.18. The summed E-state index contributed by atoms with van der Waals surface area (Å²) < 4.78 is 11.7. The van der Waals surface area contributed by atoms with Gasteiger partial charge in [0.05, 0.1) is 13.2 Å². The Morgan fingerprint density at radius 1 is 0.500 bits per heavy atom. The Hall–Kier alpha value is -1.70. The molecule has 0 bridgehead atoms. The van der Waals surface area contributed by atoms with Gasteiger partial charge in [-0.2, -0.15) is 0 Å². The van der Waals surface area contributed by atoms with Gasteiger partial charge in [0.15, 0.2) is 0 Å². The number of unbranched alkanes of at least 4 members (excludes halogenated alkanes) is 12. The van der Waals surface area contributed by atoms with Gasteiger partial charge >= 0.3 is 0 Å². The van der Waals surface area contributed by atoms with Gasteiger partial charge < -0.3 is 9.47 Å². The third kappa shape index (κ3) is 14.4. The third-order valence-corrected chi connectivity index (χ3v) is 4.97. The first-order chi connectivity index (χ1) is 13.9. The van der Waals surface area contributed by atoms with Crippen molar-refractivity contribution in [3.8, 4) is 11.5 Å². The molecular formula is C26H42O2. The lowest BCUT2D eigenvalue weighted by molar-refractivity contribution is 0.296. The highest BCUT2D eigenvalue weighted by Gasteiger charge is 1.98. The molecule has 0 amide bonds. The number of rotatable bonds is 20. The lowest BCUT2D eigenvalue weighted by Crippen LogP contribution is -1.99. The minimum absolute atomic E-state index is 0.805. The third-order valence-electron chi connectivity index (χ3n) is 4.97. The zero-order chi connectivity index (χ0) is 20.1. The second-order valence-corrected chi connectivity index (χ2v) is 7.57. The first-order valence-corrected chi connectivity index (χ1v) is 11.4. The normalized spacial score (nSPS) is 10.6. The molecule has 0 spiro atoms. The van der Waals surface area contributed by atoms with Crippen molar-refractivity contribution in [2.24, 2.45) is 0 Å². The van der Waals surface area contributed by atoms with Crippen molar-refractivity contribution in [1.82, 2.24) is 0 Å². The highest BCUT2D eigenvalue weighted by molar-refractivity contribution is 5.31. The van der Waals surface area contributed by atoms with Gasteiger partial charge in [0, 0.05) is 0 Å². The number of ether oxygens (including phenoxy) is 2. The quantitative estimate of drug-likeness (QED) is 0.166. The van der Waals surface area contributed by atoms with Crippen LogP contribution in [0.5, 0.6) is 11.5 Å². The van der Waals surface area contributed by atoms with Crippen molar-refractivity contribution in [1.29, 1.82) is 0 Å². The lowest BCUT2D eigenvalue weighted by atomic mass is 10.1. The number of hydrogen-bond acceptors (Lipinski definition) is 2. The Morgan fingerprint density at radius 2 is 0.821 bits per heavy atom. The standard InChI is InChI=1S/C26H42O2/c1-3-5-7-9-11-13-15-17-23-27-25-19-21-26(22-20-25)28-24-18-16-14-12-10-8-6-4-2/h3-4,19-22H,1-2,5-18,23-24H2. The number of benzene rings is 1. The summed E-state index contributed by atoms with van der Waals surface area (Å²) in [6.45, 7) is 9.13. The minimum Gasteiger partial charge on any atom is -0.494 e. The SMILES string of the molecule is C=CCCCCCCCCOc1ccc(OCCCCCCCCC=C)cc1. The van der Waals surface area contributed by atoms with Gasteiger partial charge in [-0.15, -0.1) is 13.2 Å². The van der Waals surface area contributed by atoms with E-state index in [1.54, 1.807) is 0 Å². The van der Waals surface area contributed by atoms with Crippen LogP contribution in [-0.2, 0) is 0 Å². The first kappa shape index (κ1) is 24.3. The van der Waals surface area contributed by atoms with Crippen LogP contribution < -0.4 is 9.47 Å². The van der Waals surface area contributed by atoms with E-state index >= 15 is 0 Å². The van der Waals surface area contributed by atoms with E-state index in [1.807, 2.05) is 36.4 Å². The van der Waals surface area contributed by atoms with Crippen molar-refractivity contribution in [2.45, 2.75) is 89.9 Å². The molecular weight excluding hydrogens is 344 g/mol. The van der Waals surface area contributed by atoms with E-state index in [-0.39, 0.29) is 0 Å². The molecule has 0 heterocycles. The van der Waals surface area contributed by atoms with E-state index in [1.165, 1.54) is 64.2 Å². The Labute approximate surface area is 174 Å². The predicted octanol–water partition coefficient (Wildman–Crippen LogP) is 8.28. The summed E-state index contributed by atoms with van der Waals surface area (Å²) >= 11 is 0. The zero-order valence-electron chi connectivity index (χ0n) is 18.0. The average Bonchev–Trinajstić information content (AvgIpc) is 2.72. The van der Waals surface area contributed by atoms with Gasteiger partial charge in [-0.3, -0.25) is 0 Å². The molecule has 1 aromatic carbocycles. The van der Waals surface area contributed by atoms with Crippen molar-refractivity contribution in [3.05, 3.63) is 49.6 Å². The van der Waals surface area contributed by atoms with Gasteiger partial charge in [-0.1, -0.05) is 63.5 Å². The van der Waals surface area contributed by atoms with Crippen LogP contribution in [0.25, 0.3) is 0 Å². The summed E-state index contributed by atoms with van der Waals surface area (Å²) in [5.74, 6) is 1.88. The molecule has 0 fully saturated rings. The maximum absolute atomic E-state index is 5.83. The second kappa shape index (κ2) is 18.7. The van der Waals surface area contributed by atoms with Crippen molar-refractivity contribution >= 4 is 0 Å². The molecule has 0 aliphatic heterocycles. The molecule has 0 aliphatic rings. The van der Waals surface area contributed by atoms with Crippen LogP contribution in [0.3, 0.4) is 0 Å². The molecule has 2 heteroatoms. The molecule has 0 atom stereocenters. The van der Waals surface area contributed by atoms with Crippen molar-refractivity contribution in [2.75, 3.05) is 13.2 Å². The fraction of sp³-hybridized carbons (Fsp3) is 0.615. The summed E-state index contributed by atoms with van der Waals surface area (Å²) in [6.07, 6.45) is 21.6. The van der Waals surface area contributed by atoms with Crippen LogP contribution in [0, 0.1) is 0 Å². The fourth-order valence-electron chi connectivity index (χ4n) is 3.21. The van der Waals surface area contributed by atoms with Crippen LogP contribution in [-0.4, -0.2) is 13.2 Å². The largest absolute Gasteiger partial charge is 0.494 e. The molecule has 1 rings (SSSR count). The van der Waals surface area contributed by atoms with Gasteiger partial charge in [0.2, 0.25) is 0 Å². The summed E-state index contributed by atoms with van der Waals surface area (Å²) in [7, 11) is 0. The maximum Gasteiger partial charge on any atom is 0.119 e. The molecule has 0 saturated heterocycles. The maximum atomic E-state index is 5.83. The van der Waals surface area contributed by atoms with E-state index in [2.05, 4.69) is 13.2 Å². The fourth-order valence-corrected chi connectivity index (χ4v) is 3.21. The molecule has 0 aliphatic carbocycles. The number of allylic oxidation sites excluding steroid dienone is 2. The molecule has 158 valence electrons. The Morgan fingerprint density at radius 3 is 1.18 bits per heavy atom. The predicted molar refractivity (Wildman–Crippen MR) is 122 cm³/mol. The van der Waals surface area contributed by atoms with Crippen molar-refractivity contribution in [3.63, 3.8) is 0 Å². The first-order valence-electron chi connectivity index (χ1n) is 11.4. The van der Waals surface area contributed by atoms with E-state index in [0.717, 1.165) is 50.4 Å². The van der Waals surface area contributed by atoms with Crippen LogP contribution in [0.1, 0.15) is 89.9 Å². The van der Waals surface area contributed by atoms with Crippen LogP contribution >= 0.6 is 0 Å². The topological polar surface area (TPSA) is 18.5 Å². The van der Waals surface area contributed by atoms with Crippen LogP contribution in [0.15, 0.2) is 49.6 Å². The smallest absolute Gasteiger partial charge is 0.119 e. The molecule has 0 radical (unpaired) electrons. The molecule has 0 saturated carbocycles. The average molecular weight is 387 g/mol. The van der Waals surface area contributed by atoms with Crippen molar-refractivity contribution < 1.29 is 9.47 Å². The van der Waals surface area contributed by atoms with Gasteiger partial charge in [0.25, 0.3) is 0 Å². The molecule has 0 unspecified atom stereocenters. The Bertz CT molecular complexity index is 433. The second-order valence-electron chi connectivity index (χ2n) is 7.57. The molecule has 0 N–H and O–H groups in total. The Balaban J connectivity index is 1.96. The summed E-state index contributed by atoms with van der Waals surface area (Å²) in [4.78, 5) is 0. The van der Waals surface area contributed by atoms with Crippen LogP contribution in [0.2, 0.25) is 0 Å². The monoisotopic (exact) mass is 386 g/mol. The molecule has 0 aromatic heterocycles. The summed E-state index contributed by atoms with van der Waals surface area (Å²) in [5, 5.41) is 0. The van der Waals surface area contributed by atoms with E-state index < -0.39 is 0 Å². The molecule has 1 aromatic rings.